The number of benzene rings is 3. The van der Waals surface area contributed by atoms with E-state index in [2.05, 4.69) is 72.8 Å². The van der Waals surface area contributed by atoms with E-state index < -0.39 is 5.60 Å². The van der Waals surface area contributed by atoms with Crippen LogP contribution in [-0.4, -0.2) is 23.9 Å². The van der Waals surface area contributed by atoms with E-state index in [0.29, 0.717) is 6.54 Å². The third-order valence-electron chi connectivity index (χ3n) is 5.56. The van der Waals surface area contributed by atoms with E-state index in [1.165, 1.54) is 17.5 Å². The molecule has 0 aliphatic carbocycles. The number of hydrogen-bond acceptors (Lipinski definition) is 4. The standard InChI is InChI=1S/C25H23NOS2/c1-4-11-20(12-5-1)23-26-19-24(27-23,21-13-6-2-7-14-21)25(28-17-10-18-29-25)22-15-8-3-9-16-22/h1-9,11-16H,10,17-19H2. The van der Waals surface area contributed by atoms with Crippen LogP contribution in [-0.2, 0) is 14.4 Å². The molecule has 5 rings (SSSR count). The first kappa shape index (κ1) is 18.8. The van der Waals surface area contributed by atoms with Crippen molar-refractivity contribution >= 4 is 29.4 Å². The largest absolute Gasteiger partial charge is 0.461 e. The van der Waals surface area contributed by atoms with Crippen molar-refractivity contribution in [3.8, 4) is 0 Å². The first-order valence-corrected chi connectivity index (χ1v) is 12.0. The van der Waals surface area contributed by atoms with Crippen LogP contribution in [0.3, 0.4) is 0 Å². The van der Waals surface area contributed by atoms with Crippen molar-refractivity contribution in [3.05, 3.63) is 108 Å². The van der Waals surface area contributed by atoms with Gasteiger partial charge in [-0.25, -0.2) is 4.99 Å². The third-order valence-corrected chi connectivity index (χ3v) is 9.20. The van der Waals surface area contributed by atoms with E-state index in [1.807, 2.05) is 41.7 Å². The maximum absolute atomic E-state index is 6.93. The molecule has 2 aliphatic rings. The number of thioether (sulfide) groups is 2. The number of aliphatic imine (C=N–C) groups is 1. The second-order valence-corrected chi connectivity index (χ2v) is 10.2. The van der Waals surface area contributed by atoms with Gasteiger partial charge in [-0.3, -0.25) is 0 Å². The Morgan fingerprint density at radius 3 is 1.86 bits per heavy atom. The molecule has 3 aromatic carbocycles. The lowest BCUT2D eigenvalue weighted by Gasteiger charge is -2.48. The normalized spacial score (nSPS) is 23.2. The Morgan fingerprint density at radius 1 is 0.690 bits per heavy atom. The highest BCUT2D eigenvalue weighted by Gasteiger charge is 2.60. The lowest BCUT2D eigenvalue weighted by molar-refractivity contribution is 0.0708. The molecular weight excluding hydrogens is 394 g/mol. The quantitative estimate of drug-likeness (QED) is 0.513. The van der Waals surface area contributed by atoms with E-state index in [1.54, 1.807) is 0 Å². The molecule has 2 heterocycles. The predicted molar refractivity (Wildman–Crippen MR) is 125 cm³/mol. The van der Waals surface area contributed by atoms with Crippen molar-refractivity contribution in [2.45, 2.75) is 16.1 Å². The van der Waals surface area contributed by atoms with Gasteiger partial charge in [0.15, 0.2) is 5.60 Å². The van der Waals surface area contributed by atoms with Gasteiger partial charge in [-0.05, 0) is 41.2 Å². The van der Waals surface area contributed by atoms with E-state index >= 15 is 0 Å². The highest BCUT2D eigenvalue weighted by Crippen LogP contribution is 2.63. The molecule has 2 nitrogen and oxygen atoms in total. The molecule has 1 unspecified atom stereocenters. The molecule has 1 atom stereocenters. The topological polar surface area (TPSA) is 21.6 Å². The van der Waals surface area contributed by atoms with Crippen molar-refractivity contribution in [3.63, 3.8) is 0 Å². The van der Waals surface area contributed by atoms with Crippen LogP contribution in [0.4, 0.5) is 0 Å². The summed E-state index contributed by atoms with van der Waals surface area (Å²) in [6, 6.07) is 31.8. The fourth-order valence-electron chi connectivity index (χ4n) is 4.19. The molecule has 0 radical (unpaired) electrons. The molecule has 1 saturated heterocycles. The van der Waals surface area contributed by atoms with Crippen LogP contribution in [0, 0.1) is 0 Å². The molecule has 1 fully saturated rings. The molecule has 4 heteroatoms. The summed E-state index contributed by atoms with van der Waals surface area (Å²) in [6.45, 7) is 0.621. The highest BCUT2D eigenvalue weighted by molar-refractivity contribution is 8.18. The summed E-state index contributed by atoms with van der Waals surface area (Å²) < 4.78 is 6.68. The molecule has 2 aliphatic heterocycles. The minimum absolute atomic E-state index is 0.242. The Hall–Kier alpha value is -2.17. The lowest BCUT2D eigenvalue weighted by Crippen LogP contribution is -2.49. The molecule has 0 spiro atoms. The molecule has 146 valence electrons. The van der Waals surface area contributed by atoms with Crippen LogP contribution in [0.15, 0.2) is 96.0 Å². The van der Waals surface area contributed by atoms with Crippen LogP contribution in [0.1, 0.15) is 23.1 Å². The van der Waals surface area contributed by atoms with E-state index in [9.17, 15) is 0 Å². The minimum Gasteiger partial charge on any atom is -0.461 e. The number of hydrogen-bond donors (Lipinski definition) is 0. The third kappa shape index (κ3) is 3.19. The highest BCUT2D eigenvalue weighted by atomic mass is 32.2. The minimum atomic E-state index is -0.545. The van der Waals surface area contributed by atoms with Gasteiger partial charge in [0.05, 0.1) is 6.54 Å². The number of ether oxygens (including phenoxy) is 1. The summed E-state index contributed by atoms with van der Waals surface area (Å²) in [7, 11) is 0. The molecule has 0 amide bonds. The fraction of sp³-hybridized carbons (Fsp3) is 0.240. The van der Waals surface area contributed by atoms with Gasteiger partial charge >= 0.3 is 0 Å². The molecule has 0 bridgehead atoms. The zero-order valence-corrected chi connectivity index (χ0v) is 17.8. The second-order valence-electron chi connectivity index (χ2n) is 7.32. The van der Waals surface area contributed by atoms with Crippen LogP contribution < -0.4 is 0 Å². The second kappa shape index (κ2) is 7.92. The first-order valence-electron chi connectivity index (χ1n) is 10.0. The fourth-order valence-corrected chi connectivity index (χ4v) is 7.87. The van der Waals surface area contributed by atoms with E-state index in [4.69, 9.17) is 9.73 Å². The molecule has 0 aromatic heterocycles. The van der Waals surface area contributed by atoms with Gasteiger partial charge < -0.3 is 4.74 Å². The van der Waals surface area contributed by atoms with Gasteiger partial charge in [0.2, 0.25) is 5.90 Å². The van der Waals surface area contributed by atoms with Gasteiger partial charge in [-0.1, -0.05) is 78.9 Å². The van der Waals surface area contributed by atoms with E-state index in [-0.39, 0.29) is 4.08 Å². The number of rotatable bonds is 4. The van der Waals surface area contributed by atoms with Crippen molar-refractivity contribution in [1.82, 2.24) is 0 Å². The van der Waals surface area contributed by atoms with Gasteiger partial charge in [-0.2, -0.15) is 0 Å². The van der Waals surface area contributed by atoms with Crippen molar-refractivity contribution in [2.75, 3.05) is 18.1 Å². The maximum atomic E-state index is 6.93. The van der Waals surface area contributed by atoms with Gasteiger partial charge in [0.1, 0.15) is 4.08 Å². The summed E-state index contributed by atoms with van der Waals surface area (Å²) in [4.78, 5) is 4.95. The Labute approximate surface area is 180 Å². The first-order chi connectivity index (χ1) is 14.3. The predicted octanol–water partition coefficient (Wildman–Crippen LogP) is 6.08. The Kier molecular flexibility index (Phi) is 5.15. The molecule has 0 saturated carbocycles. The average molecular weight is 418 g/mol. The monoisotopic (exact) mass is 417 g/mol. The summed E-state index contributed by atoms with van der Waals surface area (Å²) >= 11 is 4.03. The average Bonchev–Trinajstić information content (AvgIpc) is 3.29. The van der Waals surface area contributed by atoms with Crippen LogP contribution in [0.5, 0.6) is 0 Å². The molecule has 29 heavy (non-hydrogen) atoms. The molecular formula is C25H23NOS2. The van der Waals surface area contributed by atoms with Gasteiger partial charge in [-0.15, -0.1) is 23.5 Å². The van der Waals surface area contributed by atoms with Gasteiger partial charge in [0.25, 0.3) is 0 Å². The Morgan fingerprint density at radius 2 is 1.24 bits per heavy atom. The van der Waals surface area contributed by atoms with Crippen LogP contribution in [0.25, 0.3) is 0 Å². The Bertz CT molecular complexity index is 985. The lowest BCUT2D eigenvalue weighted by atomic mass is 9.86. The zero-order chi connectivity index (χ0) is 19.6. The maximum Gasteiger partial charge on any atom is 0.217 e. The Balaban J connectivity index is 1.67. The van der Waals surface area contributed by atoms with E-state index in [0.717, 1.165) is 23.0 Å². The number of nitrogens with zero attached hydrogens (tertiary/aromatic N) is 1. The van der Waals surface area contributed by atoms with Crippen LogP contribution >= 0.6 is 23.5 Å². The molecule has 3 aromatic rings. The summed E-state index contributed by atoms with van der Waals surface area (Å²) in [5, 5.41) is 0. The summed E-state index contributed by atoms with van der Waals surface area (Å²) in [6.07, 6.45) is 1.22. The summed E-state index contributed by atoms with van der Waals surface area (Å²) in [5.74, 6) is 3.00. The van der Waals surface area contributed by atoms with Crippen molar-refractivity contribution in [2.24, 2.45) is 4.99 Å². The summed E-state index contributed by atoms with van der Waals surface area (Å²) in [5.41, 5.74) is 3.00. The van der Waals surface area contributed by atoms with Crippen LogP contribution in [0.2, 0.25) is 0 Å². The van der Waals surface area contributed by atoms with Gasteiger partial charge in [0, 0.05) is 5.56 Å². The molecule has 0 N–H and O–H groups in total. The van der Waals surface area contributed by atoms with Crippen molar-refractivity contribution in [1.29, 1.82) is 0 Å². The smallest absolute Gasteiger partial charge is 0.217 e. The zero-order valence-electron chi connectivity index (χ0n) is 16.2. The SMILES string of the molecule is c1ccc(C2=NCC(c3ccccc3)(C3(c4ccccc4)SCCCS3)O2)cc1. The van der Waals surface area contributed by atoms with Crippen molar-refractivity contribution < 1.29 is 4.74 Å².